The SMILES string of the molecule is O=C(O)C1=N[C@H](C(=O)O)CC(C=CN2c3c(cc(C(=O)O)oc3=O)C[C@H]2C(=O)O)=C1. The number of allylic oxidation sites excluding steroid dienone is 1. The highest BCUT2D eigenvalue weighted by molar-refractivity contribution is 6.41. The Bertz CT molecular complexity index is 1110. The van der Waals surface area contributed by atoms with Crippen LogP contribution < -0.4 is 10.5 Å². The van der Waals surface area contributed by atoms with Gasteiger partial charge in [-0.25, -0.2) is 24.0 Å². The zero-order valence-corrected chi connectivity index (χ0v) is 15.0. The summed E-state index contributed by atoms with van der Waals surface area (Å²) in [6, 6.07) is -1.50. The Morgan fingerprint density at radius 3 is 2.33 bits per heavy atom. The van der Waals surface area contributed by atoms with Crippen LogP contribution in [0.3, 0.4) is 0 Å². The van der Waals surface area contributed by atoms with E-state index in [1.807, 2.05) is 0 Å². The van der Waals surface area contributed by atoms with Gasteiger partial charge < -0.3 is 29.7 Å². The van der Waals surface area contributed by atoms with Gasteiger partial charge in [-0.2, -0.15) is 0 Å². The highest BCUT2D eigenvalue weighted by atomic mass is 16.4. The molecule has 2 aliphatic rings. The highest BCUT2D eigenvalue weighted by Crippen LogP contribution is 2.31. The van der Waals surface area contributed by atoms with Crippen LogP contribution in [0.5, 0.6) is 0 Å². The van der Waals surface area contributed by atoms with E-state index in [1.54, 1.807) is 0 Å². The monoisotopic (exact) mass is 418 g/mol. The van der Waals surface area contributed by atoms with Crippen LogP contribution in [-0.4, -0.2) is 62.1 Å². The Hall–Kier alpha value is -4.22. The van der Waals surface area contributed by atoms with Gasteiger partial charge in [0, 0.05) is 19.0 Å². The normalized spacial score (nSPS) is 20.5. The van der Waals surface area contributed by atoms with Gasteiger partial charge in [0.05, 0.1) is 0 Å². The number of carboxylic acid groups (broad SMARTS) is 4. The Labute approximate surface area is 166 Å². The van der Waals surface area contributed by atoms with E-state index in [1.165, 1.54) is 12.3 Å². The summed E-state index contributed by atoms with van der Waals surface area (Å²) in [5.41, 5.74) is -1.29. The van der Waals surface area contributed by atoms with Crippen molar-refractivity contribution in [1.29, 1.82) is 0 Å². The smallest absolute Gasteiger partial charge is 0.371 e. The zero-order valence-electron chi connectivity index (χ0n) is 15.0. The predicted molar refractivity (Wildman–Crippen MR) is 97.9 cm³/mol. The summed E-state index contributed by atoms with van der Waals surface area (Å²) in [6.07, 6.45) is 3.30. The lowest BCUT2D eigenvalue weighted by molar-refractivity contribution is -0.139. The molecule has 0 saturated carbocycles. The van der Waals surface area contributed by atoms with E-state index in [4.69, 9.17) is 19.7 Å². The predicted octanol–water partition coefficient (Wildman–Crippen LogP) is -0.0237. The standard InChI is InChI=1S/C18H14N2O10/c21-14(22)9-3-7(4-10(19-9)15(23)24)1-2-20-11(16(25)26)5-8-6-12(17(27)28)30-18(29)13(8)20/h1-3,6,10-11H,4-5H2,(H,21,22)(H,23,24)(H,25,26)(H,27,28)/t10-,11-/m0/s1. The number of carbonyl (C=O) groups is 4. The van der Waals surface area contributed by atoms with Crippen LogP contribution in [-0.2, 0) is 20.8 Å². The molecule has 0 aliphatic carbocycles. The summed E-state index contributed by atoms with van der Waals surface area (Å²) >= 11 is 0. The number of hydrogen-bond donors (Lipinski definition) is 4. The van der Waals surface area contributed by atoms with Gasteiger partial charge in [-0.1, -0.05) is 0 Å². The van der Waals surface area contributed by atoms with Crippen molar-refractivity contribution >= 4 is 35.3 Å². The van der Waals surface area contributed by atoms with Crippen molar-refractivity contribution in [3.05, 3.63) is 51.7 Å². The number of aromatic carboxylic acids is 1. The van der Waals surface area contributed by atoms with Crippen molar-refractivity contribution in [1.82, 2.24) is 0 Å². The molecule has 156 valence electrons. The van der Waals surface area contributed by atoms with Crippen LogP contribution in [0.2, 0.25) is 0 Å². The molecule has 0 bridgehead atoms. The lowest BCUT2D eigenvalue weighted by Crippen LogP contribution is -2.36. The molecule has 0 radical (unpaired) electrons. The molecule has 3 rings (SSSR count). The molecule has 1 aromatic rings. The largest absolute Gasteiger partial charge is 0.480 e. The van der Waals surface area contributed by atoms with Gasteiger partial charge in [0.25, 0.3) is 0 Å². The van der Waals surface area contributed by atoms with Crippen molar-refractivity contribution in [3.8, 4) is 0 Å². The number of carboxylic acids is 4. The number of anilines is 1. The van der Waals surface area contributed by atoms with E-state index in [0.29, 0.717) is 0 Å². The summed E-state index contributed by atoms with van der Waals surface area (Å²) < 4.78 is 4.72. The fourth-order valence-electron chi connectivity index (χ4n) is 3.18. The molecule has 0 aromatic carbocycles. The third-order valence-electron chi connectivity index (χ3n) is 4.51. The number of aliphatic carboxylic acids is 3. The molecule has 0 spiro atoms. The molecular formula is C18H14N2O10. The number of rotatable bonds is 6. The molecule has 1 aromatic heterocycles. The lowest BCUT2D eigenvalue weighted by atomic mass is 10.0. The molecular weight excluding hydrogens is 404 g/mol. The molecule has 2 atom stereocenters. The third-order valence-corrected chi connectivity index (χ3v) is 4.51. The van der Waals surface area contributed by atoms with Gasteiger partial charge in [-0.3, -0.25) is 4.99 Å². The van der Waals surface area contributed by atoms with Gasteiger partial charge in [0.1, 0.15) is 17.4 Å². The Kier molecular flexibility index (Phi) is 5.24. The Balaban J connectivity index is 2.00. The van der Waals surface area contributed by atoms with Crippen molar-refractivity contribution in [3.63, 3.8) is 0 Å². The number of nitrogens with zero attached hydrogens (tertiary/aromatic N) is 2. The van der Waals surface area contributed by atoms with E-state index < -0.39 is 53.1 Å². The van der Waals surface area contributed by atoms with Gasteiger partial charge in [-0.05, 0) is 29.4 Å². The molecule has 0 fully saturated rings. The first-order valence-electron chi connectivity index (χ1n) is 8.42. The van der Waals surface area contributed by atoms with Crippen LogP contribution in [0.25, 0.3) is 0 Å². The molecule has 0 unspecified atom stereocenters. The van der Waals surface area contributed by atoms with Crippen molar-refractivity contribution in [2.45, 2.75) is 24.9 Å². The maximum Gasteiger partial charge on any atom is 0.371 e. The van der Waals surface area contributed by atoms with Crippen LogP contribution in [0.1, 0.15) is 22.5 Å². The molecule has 0 amide bonds. The summed E-state index contributed by atoms with van der Waals surface area (Å²) in [7, 11) is 0. The maximum atomic E-state index is 12.3. The molecule has 12 nitrogen and oxygen atoms in total. The van der Waals surface area contributed by atoms with Gasteiger partial charge in [-0.15, -0.1) is 0 Å². The second kappa shape index (κ2) is 7.66. The molecule has 3 heterocycles. The Morgan fingerprint density at radius 1 is 1.07 bits per heavy atom. The number of aliphatic imine (C=N–C) groups is 1. The van der Waals surface area contributed by atoms with E-state index >= 15 is 0 Å². The fraction of sp³-hybridized carbons (Fsp3) is 0.222. The molecule has 2 aliphatic heterocycles. The first kappa shape index (κ1) is 20.5. The summed E-state index contributed by atoms with van der Waals surface area (Å²) in [5.74, 6) is -6.16. The summed E-state index contributed by atoms with van der Waals surface area (Å²) in [4.78, 5) is 62.0. The number of dihydropyridines is 1. The third kappa shape index (κ3) is 3.83. The van der Waals surface area contributed by atoms with Crippen LogP contribution in [0.4, 0.5) is 5.69 Å². The number of hydrogen-bond acceptors (Lipinski definition) is 8. The Morgan fingerprint density at radius 2 is 1.77 bits per heavy atom. The van der Waals surface area contributed by atoms with Gasteiger partial charge >= 0.3 is 29.5 Å². The second-order valence-electron chi connectivity index (χ2n) is 6.46. The molecule has 4 N–H and O–H groups in total. The van der Waals surface area contributed by atoms with Crippen LogP contribution in [0.15, 0.2) is 44.2 Å². The van der Waals surface area contributed by atoms with E-state index in [0.717, 1.165) is 17.0 Å². The quantitative estimate of drug-likeness (QED) is 0.484. The van der Waals surface area contributed by atoms with Crippen LogP contribution in [0, 0.1) is 0 Å². The van der Waals surface area contributed by atoms with Crippen molar-refractivity contribution in [2.75, 3.05) is 4.90 Å². The molecule has 0 saturated heterocycles. The second-order valence-corrected chi connectivity index (χ2v) is 6.46. The first-order valence-corrected chi connectivity index (χ1v) is 8.42. The van der Waals surface area contributed by atoms with E-state index in [9.17, 15) is 29.1 Å². The average Bonchev–Trinajstić information content (AvgIpc) is 3.05. The average molecular weight is 418 g/mol. The summed E-state index contributed by atoms with van der Waals surface area (Å²) in [6.45, 7) is 0. The summed E-state index contributed by atoms with van der Waals surface area (Å²) in [5, 5.41) is 36.7. The minimum atomic E-state index is -1.48. The molecule has 12 heteroatoms. The van der Waals surface area contributed by atoms with Gasteiger partial charge in [0.2, 0.25) is 5.76 Å². The van der Waals surface area contributed by atoms with Crippen molar-refractivity contribution in [2.24, 2.45) is 4.99 Å². The van der Waals surface area contributed by atoms with E-state index in [-0.39, 0.29) is 29.7 Å². The maximum absolute atomic E-state index is 12.3. The van der Waals surface area contributed by atoms with Crippen molar-refractivity contribution < 1.29 is 44.0 Å². The lowest BCUT2D eigenvalue weighted by Gasteiger charge is -2.20. The van der Waals surface area contributed by atoms with Gasteiger partial charge in [0.15, 0.2) is 6.04 Å². The minimum absolute atomic E-state index is 0.145. The van der Waals surface area contributed by atoms with Crippen LogP contribution >= 0.6 is 0 Å². The highest BCUT2D eigenvalue weighted by Gasteiger charge is 2.37. The fourth-order valence-corrected chi connectivity index (χ4v) is 3.18. The molecule has 30 heavy (non-hydrogen) atoms. The first-order chi connectivity index (χ1) is 14.1. The topological polar surface area (TPSA) is 195 Å². The van der Waals surface area contributed by atoms with E-state index in [2.05, 4.69) is 4.99 Å². The minimum Gasteiger partial charge on any atom is -0.480 e. The zero-order chi connectivity index (χ0) is 22.2. The number of fused-ring (bicyclic) bond motifs is 1.